The number of carbonyl (C=O) groups excluding carboxylic acids is 1. The fraction of sp³-hybridized carbons (Fsp3) is 0.923. The Morgan fingerprint density at radius 3 is 2.50 bits per heavy atom. The quantitative estimate of drug-likeness (QED) is 0.617. The number of rotatable bonds is 9. The third-order valence-corrected chi connectivity index (χ3v) is 3.09. The smallest absolute Gasteiger partial charge is 0.216 e. The molecule has 96 valence electrons. The summed E-state index contributed by atoms with van der Waals surface area (Å²) in [4.78, 5) is 10.6. The summed E-state index contributed by atoms with van der Waals surface area (Å²) in [6, 6.07) is 0. The maximum Gasteiger partial charge on any atom is 0.216 e. The molecule has 0 bridgehead atoms. The Morgan fingerprint density at radius 2 is 1.94 bits per heavy atom. The van der Waals surface area contributed by atoms with Gasteiger partial charge in [0.05, 0.1) is 0 Å². The zero-order valence-electron chi connectivity index (χ0n) is 11.2. The largest absolute Gasteiger partial charge is 0.381 e. The molecular weight excluding hydrogens is 202 g/mol. The molecule has 3 nitrogen and oxygen atoms in total. The summed E-state index contributed by atoms with van der Waals surface area (Å²) < 4.78 is 5.61. The SMILES string of the molecule is CCC(C)C(C)COCCCCNC(C)=O. The monoisotopic (exact) mass is 229 g/mol. The number of ether oxygens (including phenoxy) is 1. The molecule has 0 saturated heterocycles. The van der Waals surface area contributed by atoms with Crippen LogP contribution in [0.3, 0.4) is 0 Å². The van der Waals surface area contributed by atoms with Crippen LogP contribution in [0.1, 0.15) is 47.0 Å². The molecule has 0 radical (unpaired) electrons. The molecule has 0 aliphatic rings. The minimum atomic E-state index is 0.0475. The second kappa shape index (κ2) is 9.64. The van der Waals surface area contributed by atoms with Gasteiger partial charge < -0.3 is 10.1 Å². The minimum absolute atomic E-state index is 0.0475. The lowest BCUT2D eigenvalue weighted by Crippen LogP contribution is -2.21. The van der Waals surface area contributed by atoms with Gasteiger partial charge in [0.1, 0.15) is 0 Å². The van der Waals surface area contributed by atoms with E-state index in [1.54, 1.807) is 6.92 Å². The molecule has 1 N–H and O–H groups in total. The number of hydrogen-bond acceptors (Lipinski definition) is 2. The molecule has 3 heteroatoms. The Balaban J connectivity index is 3.23. The van der Waals surface area contributed by atoms with E-state index in [0.29, 0.717) is 5.92 Å². The van der Waals surface area contributed by atoms with Crippen molar-refractivity contribution in [1.29, 1.82) is 0 Å². The van der Waals surface area contributed by atoms with Gasteiger partial charge in [-0.1, -0.05) is 27.2 Å². The van der Waals surface area contributed by atoms with Crippen LogP contribution in [-0.2, 0) is 9.53 Å². The summed E-state index contributed by atoms with van der Waals surface area (Å²) in [5, 5.41) is 2.78. The fourth-order valence-corrected chi connectivity index (χ4v) is 1.43. The van der Waals surface area contributed by atoms with Crippen molar-refractivity contribution in [3.63, 3.8) is 0 Å². The Labute approximate surface area is 99.9 Å². The van der Waals surface area contributed by atoms with Crippen molar-refractivity contribution in [2.45, 2.75) is 47.0 Å². The molecule has 0 aromatic carbocycles. The van der Waals surface area contributed by atoms with Gasteiger partial charge in [0, 0.05) is 26.7 Å². The van der Waals surface area contributed by atoms with E-state index in [1.807, 2.05) is 0 Å². The molecule has 0 aromatic rings. The van der Waals surface area contributed by atoms with Crippen molar-refractivity contribution >= 4 is 5.91 Å². The van der Waals surface area contributed by atoms with Crippen molar-refractivity contribution in [2.75, 3.05) is 19.8 Å². The highest BCUT2D eigenvalue weighted by Crippen LogP contribution is 2.14. The average molecular weight is 229 g/mol. The first-order chi connectivity index (χ1) is 7.57. The molecule has 0 saturated carbocycles. The first-order valence-electron chi connectivity index (χ1n) is 6.40. The summed E-state index contributed by atoms with van der Waals surface area (Å²) in [6.07, 6.45) is 3.23. The molecule has 1 amide bonds. The average Bonchev–Trinajstić information content (AvgIpc) is 2.25. The van der Waals surface area contributed by atoms with E-state index in [2.05, 4.69) is 26.1 Å². The van der Waals surface area contributed by atoms with Gasteiger partial charge in [-0.3, -0.25) is 4.79 Å². The van der Waals surface area contributed by atoms with Gasteiger partial charge >= 0.3 is 0 Å². The molecule has 0 rings (SSSR count). The molecule has 0 aliphatic heterocycles. The van der Waals surface area contributed by atoms with Gasteiger partial charge in [-0.15, -0.1) is 0 Å². The van der Waals surface area contributed by atoms with Crippen LogP contribution >= 0.6 is 0 Å². The molecule has 16 heavy (non-hydrogen) atoms. The van der Waals surface area contributed by atoms with E-state index in [9.17, 15) is 4.79 Å². The molecule has 0 aliphatic carbocycles. The second-order valence-corrected chi connectivity index (χ2v) is 4.63. The number of amides is 1. The van der Waals surface area contributed by atoms with Crippen LogP contribution in [0.25, 0.3) is 0 Å². The van der Waals surface area contributed by atoms with Crippen LogP contribution in [0, 0.1) is 11.8 Å². The van der Waals surface area contributed by atoms with E-state index in [0.717, 1.165) is 38.5 Å². The Bertz CT molecular complexity index is 183. The minimum Gasteiger partial charge on any atom is -0.381 e. The van der Waals surface area contributed by atoms with Gasteiger partial charge in [0.2, 0.25) is 5.91 Å². The van der Waals surface area contributed by atoms with Crippen LogP contribution in [0.5, 0.6) is 0 Å². The fourth-order valence-electron chi connectivity index (χ4n) is 1.43. The lowest BCUT2D eigenvalue weighted by molar-refractivity contribution is -0.118. The summed E-state index contributed by atoms with van der Waals surface area (Å²) in [5.41, 5.74) is 0. The molecule has 0 fully saturated rings. The van der Waals surface area contributed by atoms with E-state index >= 15 is 0 Å². The lowest BCUT2D eigenvalue weighted by atomic mass is 9.95. The van der Waals surface area contributed by atoms with Crippen LogP contribution in [0.15, 0.2) is 0 Å². The molecule has 2 unspecified atom stereocenters. The summed E-state index contributed by atoms with van der Waals surface area (Å²) in [5.74, 6) is 1.42. The van der Waals surface area contributed by atoms with Crippen LogP contribution in [0.4, 0.5) is 0 Å². The predicted molar refractivity (Wildman–Crippen MR) is 67.4 cm³/mol. The molecule has 0 spiro atoms. The Hall–Kier alpha value is -0.570. The van der Waals surface area contributed by atoms with Crippen LogP contribution in [0.2, 0.25) is 0 Å². The Morgan fingerprint density at radius 1 is 1.25 bits per heavy atom. The van der Waals surface area contributed by atoms with Crippen LogP contribution in [-0.4, -0.2) is 25.7 Å². The maximum absolute atomic E-state index is 10.6. The molecule has 0 heterocycles. The summed E-state index contributed by atoms with van der Waals surface area (Å²) in [7, 11) is 0. The van der Waals surface area contributed by atoms with E-state index in [1.165, 1.54) is 6.42 Å². The number of carbonyl (C=O) groups is 1. The van der Waals surface area contributed by atoms with E-state index in [-0.39, 0.29) is 5.91 Å². The van der Waals surface area contributed by atoms with Gasteiger partial charge in [0.25, 0.3) is 0 Å². The van der Waals surface area contributed by atoms with Crippen molar-refractivity contribution in [2.24, 2.45) is 11.8 Å². The molecular formula is C13H27NO2. The third-order valence-electron chi connectivity index (χ3n) is 3.09. The first kappa shape index (κ1) is 15.4. The van der Waals surface area contributed by atoms with Crippen molar-refractivity contribution in [3.8, 4) is 0 Å². The first-order valence-corrected chi connectivity index (χ1v) is 6.40. The lowest BCUT2D eigenvalue weighted by Gasteiger charge is -2.18. The summed E-state index contributed by atoms with van der Waals surface area (Å²) >= 11 is 0. The molecule has 2 atom stereocenters. The highest BCUT2D eigenvalue weighted by atomic mass is 16.5. The molecule has 0 aromatic heterocycles. The van der Waals surface area contributed by atoms with Gasteiger partial charge in [-0.05, 0) is 24.7 Å². The van der Waals surface area contributed by atoms with Crippen molar-refractivity contribution in [1.82, 2.24) is 5.32 Å². The predicted octanol–water partition coefficient (Wildman–Crippen LogP) is 2.60. The highest BCUT2D eigenvalue weighted by Gasteiger charge is 2.09. The second-order valence-electron chi connectivity index (χ2n) is 4.63. The number of unbranched alkanes of at least 4 members (excludes halogenated alkanes) is 1. The van der Waals surface area contributed by atoms with Gasteiger partial charge in [-0.25, -0.2) is 0 Å². The van der Waals surface area contributed by atoms with Crippen molar-refractivity contribution < 1.29 is 9.53 Å². The zero-order chi connectivity index (χ0) is 12.4. The maximum atomic E-state index is 10.6. The normalized spacial score (nSPS) is 14.5. The third kappa shape index (κ3) is 8.72. The van der Waals surface area contributed by atoms with Crippen LogP contribution < -0.4 is 5.32 Å². The standard InChI is InChI=1S/C13H27NO2/c1-5-11(2)12(3)10-16-9-7-6-8-14-13(4)15/h11-12H,5-10H2,1-4H3,(H,14,15). The van der Waals surface area contributed by atoms with Crippen molar-refractivity contribution in [3.05, 3.63) is 0 Å². The number of nitrogens with one attached hydrogen (secondary N) is 1. The zero-order valence-corrected chi connectivity index (χ0v) is 11.2. The van der Waals surface area contributed by atoms with Gasteiger partial charge in [0.15, 0.2) is 0 Å². The Kier molecular flexibility index (Phi) is 9.30. The van der Waals surface area contributed by atoms with Gasteiger partial charge in [-0.2, -0.15) is 0 Å². The van der Waals surface area contributed by atoms with E-state index < -0.39 is 0 Å². The topological polar surface area (TPSA) is 38.3 Å². The highest BCUT2D eigenvalue weighted by molar-refractivity contribution is 5.72. The van der Waals surface area contributed by atoms with E-state index in [4.69, 9.17) is 4.74 Å². The number of hydrogen-bond donors (Lipinski definition) is 1. The summed E-state index contributed by atoms with van der Waals surface area (Å²) in [6.45, 7) is 10.7.